The molecule has 1 aromatic heterocycles. The van der Waals surface area contributed by atoms with Crippen molar-refractivity contribution in [1.29, 1.82) is 0 Å². The molecule has 1 aromatic carbocycles. The fraction of sp³-hybridized carbons (Fsp3) is 0.526. The van der Waals surface area contributed by atoms with Gasteiger partial charge in [-0.05, 0) is 38.1 Å². The molecule has 6 heteroatoms. The van der Waals surface area contributed by atoms with Crippen LogP contribution in [0.2, 0.25) is 0 Å². The summed E-state index contributed by atoms with van der Waals surface area (Å²) in [6.45, 7) is 7.07. The van der Waals surface area contributed by atoms with Gasteiger partial charge in [-0.1, -0.05) is 6.07 Å². The summed E-state index contributed by atoms with van der Waals surface area (Å²) in [7, 11) is 2.15. The lowest BCUT2D eigenvalue weighted by molar-refractivity contribution is 0.171. The second-order valence-electron chi connectivity index (χ2n) is 6.94. The van der Waals surface area contributed by atoms with E-state index in [1.54, 1.807) is 6.20 Å². The summed E-state index contributed by atoms with van der Waals surface area (Å²) in [4.78, 5) is 9.14. The van der Waals surface area contributed by atoms with Gasteiger partial charge in [0, 0.05) is 25.7 Å². The highest BCUT2D eigenvalue weighted by Gasteiger charge is 2.26. The van der Waals surface area contributed by atoms with E-state index >= 15 is 0 Å². The first-order valence-electron chi connectivity index (χ1n) is 8.90. The molecule has 0 bridgehead atoms. The Morgan fingerprint density at radius 2 is 2.08 bits per heavy atom. The van der Waals surface area contributed by atoms with Crippen LogP contribution in [0.15, 0.2) is 28.8 Å². The third kappa shape index (κ3) is 3.80. The van der Waals surface area contributed by atoms with E-state index in [2.05, 4.69) is 34.0 Å². The van der Waals surface area contributed by atoms with Gasteiger partial charge in [-0.3, -0.25) is 9.80 Å². The van der Waals surface area contributed by atoms with Crippen molar-refractivity contribution in [2.24, 2.45) is 0 Å². The van der Waals surface area contributed by atoms with Crippen molar-refractivity contribution >= 4 is 0 Å². The first-order chi connectivity index (χ1) is 12.2. The summed E-state index contributed by atoms with van der Waals surface area (Å²) in [6, 6.07) is 6.81. The normalized spacial score (nSPS) is 20.4. The molecule has 3 heterocycles. The summed E-state index contributed by atoms with van der Waals surface area (Å²) in [6.07, 6.45) is 2.95. The van der Waals surface area contributed by atoms with Gasteiger partial charge < -0.3 is 13.9 Å². The van der Waals surface area contributed by atoms with E-state index in [1.807, 2.05) is 13.0 Å². The van der Waals surface area contributed by atoms with Gasteiger partial charge in [0.05, 0.1) is 12.7 Å². The third-order valence-electron chi connectivity index (χ3n) is 4.94. The fourth-order valence-electron chi connectivity index (χ4n) is 3.58. The van der Waals surface area contributed by atoms with Crippen LogP contribution in [-0.2, 0) is 13.1 Å². The highest BCUT2D eigenvalue weighted by atomic mass is 16.6. The van der Waals surface area contributed by atoms with Crippen LogP contribution in [0.25, 0.3) is 0 Å². The van der Waals surface area contributed by atoms with E-state index in [-0.39, 0.29) is 0 Å². The van der Waals surface area contributed by atoms with Gasteiger partial charge in [0.25, 0.3) is 0 Å². The number of ether oxygens (including phenoxy) is 2. The first kappa shape index (κ1) is 16.4. The number of hydrogen-bond acceptors (Lipinski definition) is 6. The van der Waals surface area contributed by atoms with Crippen molar-refractivity contribution in [3.63, 3.8) is 0 Å². The highest BCUT2D eigenvalue weighted by Crippen LogP contribution is 2.31. The van der Waals surface area contributed by atoms with Crippen LogP contribution in [-0.4, -0.2) is 54.2 Å². The Bertz CT molecular complexity index is 730. The van der Waals surface area contributed by atoms with Crippen LogP contribution in [0, 0.1) is 6.92 Å². The number of aromatic nitrogens is 1. The van der Waals surface area contributed by atoms with E-state index in [9.17, 15) is 0 Å². The second-order valence-corrected chi connectivity index (χ2v) is 6.94. The SMILES string of the molecule is Cc1cnc(CN(C)[C@@H]2CCN(Cc3ccc4c(c3)OCCO4)C2)o1. The molecule has 0 saturated carbocycles. The number of nitrogens with zero attached hydrogens (tertiary/aromatic N) is 3. The molecular weight excluding hydrogens is 318 g/mol. The number of likely N-dealkylation sites (N-methyl/N-ethyl adjacent to an activating group) is 1. The molecule has 2 aliphatic rings. The molecule has 25 heavy (non-hydrogen) atoms. The maximum Gasteiger partial charge on any atom is 0.208 e. The predicted octanol–water partition coefficient (Wildman–Crippen LogP) is 2.46. The van der Waals surface area contributed by atoms with E-state index in [0.29, 0.717) is 19.3 Å². The number of aryl methyl sites for hydroxylation is 1. The quantitative estimate of drug-likeness (QED) is 0.831. The summed E-state index contributed by atoms with van der Waals surface area (Å²) >= 11 is 0. The molecule has 1 atom stereocenters. The van der Waals surface area contributed by atoms with Crippen molar-refractivity contribution in [1.82, 2.24) is 14.8 Å². The average Bonchev–Trinajstić information content (AvgIpc) is 3.24. The van der Waals surface area contributed by atoms with Crippen LogP contribution < -0.4 is 9.47 Å². The number of likely N-dealkylation sites (tertiary alicyclic amines) is 1. The van der Waals surface area contributed by atoms with Crippen LogP contribution in [0.3, 0.4) is 0 Å². The van der Waals surface area contributed by atoms with Gasteiger partial charge in [0.1, 0.15) is 19.0 Å². The van der Waals surface area contributed by atoms with Gasteiger partial charge in [-0.15, -0.1) is 0 Å². The Balaban J connectivity index is 1.33. The zero-order valence-corrected chi connectivity index (χ0v) is 14.9. The van der Waals surface area contributed by atoms with Crippen LogP contribution in [0.1, 0.15) is 23.6 Å². The first-order valence-corrected chi connectivity index (χ1v) is 8.90. The van der Waals surface area contributed by atoms with Gasteiger partial charge in [-0.25, -0.2) is 4.98 Å². The zero-order valence-electron chi connectivity index (χ0n) is 14.9. The zero-order chi connectivity index (χ0) is 17.2. The molecule has 2 aliphatic heterocycles. The maximum absolute atomic E-state index is 5.69. The van der Waals surface area contributed by atoms with Crippen LogP contribution in [0.4, 0.5) is 0 Å². The Kier molecular flexibility index (Phi) is 4.63. The smallest absolute Gasteiger partial charge is 0.208 e. The molecule has 4 rings (SSSR count). The summed E-state index contributed by atoms with van der Waals surface area (Å²) in [5, 5.41) is 0. The molecule has 0 amide bonds. The molecule has 1 fully saturated rings. The van der Waals surface area contributed by atoms with Crippen molar-refractivity contribution < 1.29 is 13.9 Å². The van der Waals surface area contributed by atoms with Gasteiger partial charge >= 0.3 is 0 Å². The third-order valence-corrected chi connectivity index (χ3v) is 4.94. The topological polar surface area (TPSA) is 51.0 Å². The minimum absolute atomic E-state index is 0.532. The molecule has 2 aromatic rings. The Labute approximate surface area is 148 Å². The maximum atomic E-state index is 5.69. The van der Waals surface area contributed by atoms with E-state index in [0.717, 1.165) is 49.3 Å². The highest BCUT2D eigenvalue weighted by molar-refractivity contribution is 5.43. The molecule has 0 N–H and O–H groups in total. The van der Waals surface area contributed by atoms with Gasteiger partial charge in [0.2, 0.25) is 5.89 Å². The Hall–Kier alpha value is -2.05. The lowest BCUT2D eigenvalue weighted by Crippen LogP contribution is -2.34. The fourth-order valence-corrected chi connectivity index (χ4v) is 3.58. The molecule has 134 valence electrons. The second kappa shape index (κ2) is 7.06. The predicted molar refractivity (Wildman–Crippen MR) is 93.8 cm³/mol. The van der Waals surface area contributed by atoms with Crippen molar-refractivity contribution in [3.8, 4) is 11.5 Å². The van der Waals surface area contributed by atoms with Crippen LogP contribution >= 0.6 is 0 Å². The van der Waals surface area contributed by atoms with E-state index in [4.69, 9.17) is 13.9 Å². The lowest BCUT2D eigenvalue weighted by Gasteiger charge is -2.24. The minimum atomic E-state index is 0.532. The van der Waals surface area contributed by atoms with Gasteiger partial charge in [0.15, 0.2) is 11.5 Å². The standard InChI is InChI=1S/C19H25N3O3/c1-14-10-20-19(25-14)13-21(2)16-5-6-22(12-16)11-15-3-4-17-18(9-15)24-8-7-23-17/h3-4,9-10,16H,5-8,11-13H2,1-2H3/t16-/m1/s1. The number of fused-ring (bicyclic) bond motifs is 1. The molecule has 6 nitrogen and oxygen atoms in total. The Morgan fingerprint density at radius 1 is 1.24 bits per heavy atom. The minimum Gasteiger partial charge on any atom is -0.486 e. The molecule has 0 radical (unpaired) electrons. The van der Waals surface area contributed by atoms with Gasteiger partial charge in [-0.2, -0.15) is 0 Å². The molecule has 0 unspecified atom stereocenters. The summed E-state index contributed by atoms with van der Waals surface area (Å²) in [5.41, 5.74) is 1.27. The molecule has 1 saturated heterocycles. The molecule has 0 aliphatic carbocycles. The molecule has 0 spiro atoms. The van der Waals surface area contributed by atoms with Crippen LogP contribution in [0.5, 0.6) is 11.5 Å². The number of hydrogen-bond donors (Lipinski definition) is 0. The Morgan fingerprint density at radius 3 is 2.88 bits per heavy atom. The summed E-state index contributed by atoms with van der Waals surface area (Å²) in [5.74, 6) is 3.39. The largest absolute Gasteiger partial charge is 0.486 e. The van der Waals surface area contributed by atoms with Crippen molar-refractivity contribution in [2.75, 3.05) is 33.4 Å². The summed E-state index contributed by atoms with van der Waals surface area (Å²) < 4.78 is 16.9. The number of benzene rings is 1. The molecular formula is C19H25N3O3. The number of oxazole rings is 1. The van der Waals surface area contributed by atoms with Crippen molar-refractivity contribution in [3.05, 3.63) is 41.6 Å². The van der Waals surface area contributed by atoms with E-state index in [1.165, 1.54) is 12.0 Å². The lowest BCUT2D eigenvalue weighted by atomic mass is 10.2. The van der Waals surface area contributed by atoms with Crippen molar-refractivity contribution in [2.45, 2.75) is 32.5 Å². The number of rotatable bonds is 5. The van der Waals surface area contributed by atoms with E-state index < -0.39 is 0 Å². The average molecular weight is 343 g/mol. The monoisotopic (exact) mass is 343 g/mol.